The van der Waals surface area contributed by atoms with Crippen molar-refractivity contribution >= 4 is 17.3 Å². The van der Waals surface area contributed by atoms with Crippen molar-refractivity contribution < 1.29 is 14.3 Å². The molecule has 0 aromatic heterocycles. The Morgan fingerprint density at radius 1 is 0.879 bits per heavy atom. The number of nitrogens with two attached hydrogens (primary N) is 2. The number of carbonyl (C=O) groups excluding carboxylic acids is 1. The van der Waals surface area contributed by atoms with E-state index in [9.17, 15) is 4.79 Å². The van der Waals surface area contributed by atoms with Gasteiger partial charge in [-0.05, 0) is 99.1 Å². The first-order chi connectivity index (χ1) is 16.0. The summed E-state index contributed by atoms with van der Waals surface area (Å²) in [5.74, 6) is 2.24. The third kappa shape index (κ3) is 8.30. The molecule has 1 fully saturated rings. The van der Waals surface area contributed by atoms with Crippen LogP contribution < -0.4 is 16.2 Å². The molecule has 0 radical (unpaired) electrons. The zero-order chi connectivity index (χ0) is 23.5. The van der Waals surface area contributed by atoms with Crippen LogP contribution in [-0.4, -0.2) is 19.2 Å². The Morgan fingerprint density at radius 2 is 1.52 bits per heavy atom. The van der Waals surface area contributed by atoms with Crippen LogP contribution in [0.3, 0.4) is 0 Å². The Morgan fingerprint density at radius 3 is 2.15 bits per heavy atom. The molecule has 1 aliphatic carbocycles. The summed E-state index contributed by atoms with van der Waals surface area (Å²) in [6, 6.07) is 13.5. The molecule has 2 aromatic carbocycles. The van der Waals surface area contributed by atoms with Crippen molar-refractivity contribution in [2.24, 2.45) is 5.92 Å². The number of benzene rings is 2. The Hall–Kier alpha value is -2.69. The molecule has 5 nitrogen and oxygen atoms in total. The van der Waals surface area contributed by atoms with E-state index in [0.29, 0.717) is 30.2 Å². The lowest BCUT2D eigenvalue weighted by Crippen LogP contribution is -2.13. The molecule has 1 aliphatic rings. The van der Waals surface area contributed by atoms with Gasteiger partial charge in [0, 0.05) is 11.4 Å². The quantitative estimate of drug-likeness (QED) is 0.212. The molecule has 0 saturated heterocycles. The predicted molar refractivity (Wildman–Crippen MR) is 136 cm³/mol. The van der Waals surface area contributed by atoms with Crippen LogP contribution in [0.5, 0.6) is 5.75 Å². The summed E-state index contributed by atoms with van der Waals surface area (Å²) in [5.41, 5.74) is 14.2. The van der Waals surface area contributed by atoms with Gasteiger partial charge in [0.15, 0.2) is 0 Å². The van der Waals surface area contributed by atoms with Crippen LogP contribution >= 0.6 is 0 Å². The smallest absolute Gasteiger partial charge is 0.338 e. The average molecular weight is 453 g/mol. The highest BCUT2D eigenvalue weighted by Gasteiger charge is 2.21. The number of unbranched alkanes of at least 4 members (excludes halogenated alkanes) is 3. The summed E-state index contributed by atoms with van der Waals surface area (Å²) in [6.45, 7) is 3.41. The standard InChI is InChI=1S/C28H40N2O3/c1-2-7-21-8-10-22(11-9-21)23-12-14-27(15-13-23)32-16-5-3-4-6-17-33-28(31)24-18-25(29)20-26(30)19-24/h12-15,18-22H,2-11,16-17,29-30H2,1H3. The summed E-state index contributed by atoms with van der Waals surface area (Å²) in [7, 11) is 0. The maximum atomic E-state index is 12.1. The molecule has 1 saturated carbocycles. The van der Waals surface area contributed by atoms with Crippen molar-refractivity contribution in [3.8, 4) is 5.75 Å². The Balaban J connectivity index is 1.24. The van der Waals surface area contributed by atoms with E-state index in [4.69, 9.17) is 20.9 Å². The highest BCUT2D eigenvalue weighted by Crippen LogP contribution is 2.37. The lowest BCUT2D eigenvalue weighted by molar-refractivity contribution is 0.0497. The van der Waals surface area contributed by atoms with Gasteiger partial charge in [0.1, 0.15) is 5.75 Å². The van der Waals surface area contributed by atoms with Gasteiger partial charge in [-0.1, -0.05) is 31.9 Å². The van der Waals surface area contributed by atoms with Crippen LogP contribution in [0.15, 0.2) is 42.5 Å². The third-order valence-electron chi connectivity index (χ3n) is 6.65. The summed E-state index contributed by atoms with van der Waals surface area (Å²) in [5, 5.41) is 0. The topological polar surface area (TPSA) is 87.6 Å². The molecule has 3 rings (SSSR count). The van der Waals surface area contributed by atoms with E-state index in [0.717, 1.165) is 43.3 Å². The number of carbonyl (C=O) groups is 1. The summed E-state index contributed by atoms with van der Waals surface area (Å²) < 4.78 is 11.2. The lowest BCUT2D eigenvalue weighted by atomic mass is 9.77. The second-order valence-electron chi connectivity index (χ2n) is 9.36. The SMILES string of the molecule is CCCC1CCC(c2ccc(OCCCCCCOC(=O)c3cc(N)cc(N)c3)cc2)CC1. The van der Waals surface area contributed by atoms with Gasteiger partial charge in [-0.25, -0.2) is 4.79 Å². The van der Waals surface area contributed by atoms with Gasteiger partial charge in [-0.15, -0.1) is 0 Å². The van der Waals surface area contributed by atoms with Crippen molar-refractivity contribution in [2.75, 3.05) is 24.7 Å². The average Bonchev–Trinajstić information content (AvgIpc) is 2.81. The summed E-state index contributed by atoms with van der Waals surface area (Å²) in [6.07, 6.45) is 12.0. The van der Waals surface area contributed by atoms with Crippen LogP contribution in [-0.2, 0) is 4.74 Å². The van der Waals surface area contributed by atoms with Gasteiger partial charge in [-0.2, -0.15) is 0 Å². The maximum Gasteiger partial charge on any atom is 0.338 e. The second-order valence-corrected chi connectivity index (χ2v) is 9.36. The van der Waals surface area contributed by atoms with E-state index in [1.165, 1.54) is 44.1 Å². The van der Waals surface area contributed by atoms with Crippen LogP contribution in [0.2, 0.25) is 0 Å². The molecular weight excluding hydrogens is 412 g/mol. The molecule has 4 N–H and O–H groups in total. The summed E-state index contributed by atoms with van der Waals surface area (Å²) in [4.78, 5) is 12.1. The molecule has 0 amide bonds. The molecule has 0 spiro atoms. The number of esters is 1. The van der Waals surface area contributed by atoms with Crippen molar-refractivity contribution in [3.63, 3.8) is 0 Å². The minimum atomic E-state index is -0.380. The van der Waals surface area contributed by atoms with Crippen molar-refractivity contribution in [3.05, 3.63) is 53.6 Å². The first-order valence-electron chi connectivity index (χ1n) is 12.6. The van der Waals surface area contributed by atoms with Gasteiger partial charge in [0.05, 0.1) is 18.8 Å². The van der Waals surface area contributed by atoms with Crippen LogP contribution in [0.25, 0.3) is 0 Å². The molecule has 0 atom stereocenters. The Labute approximate surface area is 198 Å². The molecule has 180 valence electrons. The molecule has 5 heteroatoms. The lowest BCUT2D eigenvalue weighted by Gasteiger charge is -2.28. The number of hydrogen-bond donors (Lipinski definition) is 2. The second kappa shape index (κ2) is 13.1. The van der Waals surface area contributed by atoms with E-state index in [1.807, 2.05) is 0 Å². The highest BCUT2D eigenvalue weighted by molar-refractivity contribution is 5.91. The fourth-order valence-electron chi connectivity index (χ4n) is 4.82. The maximum absolute atomic E-state index is 12.1. The normalized spacial score (nSPS) is 18.1. The van der Waals surface area contributed by atoms with Crippen LogP contribution in [0, 0.1) is 5.92 Å². The number of anilines is 2. The van der Waals surface area contributed by atoms with Gasteiger partial charge in [0.25, 0.3) is 0 Å². The molecule has 0 unspecified atom stereocenters. The molecule has 0 heterocycles. The first kappa shape index (κ1) is 24.9. The highest BCUT2D eigenvalue weighted by atomic mass is 16.5. The van der Waals surface area contributed by atoms with Gasteiger partial charge >= 0.3 is 5.97 Å². The largest absolute Gasteiger partial charge is 0.494 e. The molecular formula is C28H40N2O3. The fourth-order valence-corrected chi connectivity index (χ4v) is 4.82. The van der Waals surface area contributed by atoms with E-state index in [2.05, 4.69) is 31.2 Å². The van der Waals surface area contributed by atoms with Crippen LogP contribution in [0.1, 0.15) is 93.0 Å². The van der Waals surface area contributed by atoms with Gasteiger partial charge in [0.2, 0.25) is 0 Å². The Kier molecular flexibility index (Phi) is 9.92. The molecule has 33 heavy (non-hydrogen) atoms. The number of hydrogen-bond acceptors (Lipinski definition) is 5. The van der Waals surface area contributed by atoms with Crippen molar-refractivity contribution in [1.82, 2.24) is 0 Å². The van der Waals surface area contributed by atoms with Gasteiger partial charge < -0.3 is 20.9 Å². The molecule has 0 bridgehead atoms. The third-order valence-corrected chi connectivity index (χ3v) is 6.65. The zero-order valence-corrected chi connectivity index (χ0v) is 20.1. The number of ether oxygens (including phenoxy) is 2. The van der Waals surface area contributed by atoms with E-state index >= 15 is 0 Å². The first-order valence-corrected chi connectivity index (χ1v) is 12.6. The van der Waals surface area contributed by atoms with E-state index in [-0.39, 0.29) is 5.97 Å². The number of nitrogen functional groups attached to an aromatic ring is 2. The van der Waals surface area contributed by atoms with Crippen LogP contribution in [0.4, 0.5) is 11.4 Å². The predicted octanol–water partition coefficient (Wildman–Crippen LogP) is 6.72. The van der Waals surface area contributed by atoms with E-state index in [1.54, 1.807) is 18.2 Å². The van der Waals surface area contributed by atoms with Gasteiger partial charge in [-0.3, -0.25) is 0 Å². The minimum Gasteiger partial charge on any atom is -0.494 e. The molecule has 0 aliphatic heterocycles. The fraction of sp³-hybridized carbons (Fsp3) is 0.536. The van der Waals surface area contributed by atoms with Crippen molar-refractivity contribution in [2.45, 2.75) is 77.0 Å². The monoisotopic (exact) mass is 452 g/mol. The van der Waals surface area contributed by atoms with Crippen molar-refractivity contribution in [1.29, 1.82) is 0 Å². The summed E-state index contributed by atoms with van der Waals surface area (Å²) >= 11 is 0. The number of rotatable bonds is 12. The molecule has 2 aromatic rings. The van der Waals surface area contributed by atoms with E-state index < -0.39 is 0 Å². The minimum absolute atomic E-state index is 0.380. The Bertz CT molecular complexity index is 838. The zero-order valence-electron chi connectivity index (χ0n) is 20.1.